The molecule has 1 N–H and O–H groups in total. The molecule has 1 aliphatic heterocycles. The highest BCUT2D eigenvalue weighted by Gasteiger charge is 2.35. The van der Waals surface area contributed by atoms with E-state index in [2.05, 4.69) is 5.32 Å². The van der Waals surface area contributed by atoms with Crippen LogP contribution < -0.4 is 5.32 Å². The molecule has 0 radical (unpaired) electrons. The maximum Gasteiger partial charge on any atom is 0.331 e. The van der Waals surface area contributed by atoms with Gasteiger partial charge in [-0.3, -0.25) is 19.8 Å². The number of imide groups is 2. The van der Waals surface area contributed by atoms with Gasteiger partial charge in [0.15, 0.2) is 0 Å². The summed E-state index contributed by atoms with van der Waals surface area (Å²) in [5.41, 5.74) is 1.48. The quantitative estimate of drug-likeness (QED) is 0.699. The highest BCUT2D eigenvalue weighted by molar-refractivity contribution is 6.30. The molecule has 0 unspecified atom stereocenters. The smallest absolute Gasteiger partial charge is 0.273 e. The maximum atomic E-state index is 12.5. The summed E-state index contributed by atoms with van der Waals surface area (Å²) in [6, 6.07) is 17.5. The van der Waals surface area contributed by atoms with E-state index in [1.165, 1.54) is 6.08 Å². The Morgan fingerprint density at radius 2 is 1.48 bits per heavy atom. The van der Waals surface area contributed by atoms with Gasteiger partial charge in [0, 0.05) is 0 Å². The van der Waals surface area contributed by atoms with Crippen molar-refractivity contribution in [3.05, 3.63) is 77.4 Å². The van der Waals surface area contributed by atoms with Crippen LogP contribution in [-0.2, 0) is 16.1 Å². The van der Waals surface area contributed by atoms with E-state index >= 15 is 0 Å². The molecular weight excluding hydrogens is 292 g/mol. The first-order chi connectivity index (χ1) is 11.1. The van der Waals surface area contributed by atoms with E-state index in [1.807, 2.05) is 48.5 Å². The van der Waals surface area contributed by atoms with Gasteiger partial charge in [0.2, 0.25) is 0 Å². The Balaban J connectivity index is 1.90. The van der Waals surface area contributed by atoms with Crippen LogP contribution in [0.2, 0.25) is 0 Å². The first-order valence-electron chi connectivity index (χ1n) is 7.13. The molecule has 0 aliphatic carbocycles. The fourth-order valence-electron chi connectivity index (χ4n) is 2.32. The fourth-order valence-corrected chi connectivity index (χ4v) is 2.32. The maximum absolute atomic E-state index is 12.5. The largest absolute Gasteiger partial charge is 0.331 e. The van der Waals surface area contributed by atoms with Gasteiger partial charge in [-0.2, -0.15) is 0 Å². The van der Waals surface area contributed by atoms with Gasteiger partial charge in [0.25, 0.3) is 11.8 Å². The molecule has 2 aromatic carbocycles. The lowest BCUT2D eigenvalue weighted by Gasteiger charge is -2.26. The lowest BCUT2D eigenvalue weighted by atomic mass is 10.1. The second-order valence-corrected chi connectivity index (χ2v) is 5.10. The number of urea groups is 1. The average Bonchev–Trinajstić information content (AvgIpc) is 2.57. The van der Waals surface area contributed by atoms with Crippen molar-refractivity contribution in [2.75, 3.05) is 0 Å². The molecule has 0 spiro atoms. The van der Waals surface area contributed by atoms with E-state index in [-0.39, 0.29) is 12.1 Å². The Bertz CT molecular complexity index is 782. The van der Waals surface area contributed by atoms with Crippen LogP contribution in [0.15, 0.2) is 66.2 Å². The molecule has 0 saturated carbocycles. The van der Waals surface area contributed by atoms with E-state index in [0.29, 0.717) is 0 Å². The lowest BCUT2D eigenvalue weighted by molar-refractivity contribution is -0.130. The topological polar surface area (TPSA) is 66.5 Å². The molecule has 5 heteroatoms. The number of amides is 4. The van der Waals surface area contributed by atoms with Crippen LogP contribution in [0.25, 0.3) is 6.08 Å². The Kier molecular flexibility index (Phi) is 4.01. The van der Waals surface area contributed by atoms with Crippen molar-refractivity contribution in [1.82, 2.24) is 10.2 Å². The summed E-state index contributed by atoms with van der Waals surface area (Å²) in [6.07, 6.45) is 1.49. The zero-order valence-electron chi connectivity index (χ0n) is 12.2. The zero-order chi connectivity index (χ0) is 16.2. The molecule has 1 heterocycles. The number of rotatable bonds is 3. The van der Waals surface area contributed by atoms with Crippen molar-refractivity contribution >= 4 is 23.9 Å². The molecule has 4 amide bonds. The van der Waals surface area contributed by atoms with Gasteiger partial charge in [-0.1, -0.05) is 60.7 Å². The Hall–Kier alpha value is -3.21. The minimum Gasteiger partial charge on any atom is -0.273 e. The summed E-state index contributed by atoms with van der Waals surface area (Å²) in [7, 11) is 0. The number of hydrogen-bond donors (Lipinski definition) is 1. The number of nitrogens with one attached hydrogen (secondary N) is 1. The SMILES string of the molecule is O=C1NC(=O)N(Cc2ccccc2)C(=O)/C1=C/c1ccccc1. The van der Waals surface area contributed by atoms with E-state index < -0.39 is 17.8 Å². The highest BCUT2D eigenvalue weighted by atomic mass is 16.2. The van der Waals surface area contributed by atoms with Crippen molar-refractivity contribution in [1.29, 1.82) is 0 Å². The minimum absolute atomic E-state index is 0.0493. The van der Waals surface area contributed by atoms with Crippen molar-refractivity contribution < 1.29 is 14.4 Å². The third-order valence-corrected chi connectivity index (χ3v) is 3.48. The normalized spacial score (nSPS) is 16.6. The predicted octanol–water partition coefficient (Wildman–Crippen LogP) is 2.35. The highest BCUT2D eigenvalue weighted by Crippen LogP contribution is 2.16. The Morgan fingerprint density at radius 1 is 0.870 bits per heavy atom. The van der Waals surface area contributed by atoms with Crippen LogP contribution in [0.4, 0.5) is 4.79 Å². The zero-order valence-corrected chi connectivity index (χ0v) is 12.2. The van der Waals surface area contributed by atoms with E-state index in [0.717, 1.165) is 16.0 Å². The number of barbiturate groups is 1. The standard InChI is InChI=1S/C18H14N2O3/c21-16-15(11-13-7-3-1-4-8-13)17(22)20(18(23)19-16)12-14-9-5-2-6-10-14/h1-11H,12H2,(H,19,21,23)/b15-11+. The van der Waals surface area contributed by atoms with Gasteiger partial charge in [0.05, 0.1) is 6.54 Å². The number of benzene rings is 2. The van der Waals surface area contributed by atoms with E-state index in [9.17, 15) is 14.4 Å². The van der Waals surface area contributed by atoms with Crippen molar-refractivity contribution in [2.24, 2.45) is 0 Å². The van der Waals surface area contributed by atoms with Crippen LogP contribution in [0.3, 0.4) is 0 Å². The number of nitrogens with zero attached hydrogens (tertiary/aromatic N) is 1. The molecule has 23 heavy (non-hydrogen) atoms. The molecule has 1 aliphatic rings. The summed E-state index contributed by atoms with van der Waals surface area (Å²) in [6.45, 7) is 0.116. The number of hydrogen-bond acceptors (Lipinski definition) is 3. The molecule has 2 aromatic rings. The number of carbonyl (C=O) groups excluding carboxylic acids is 3. The van der Waals surface area contributed by atoms with Crippen LogP contribution in [0, 0.1) is 0 Å². The fraction of sp³-hybridized carbons (Fsp3) is 0.0556. The molecule has 0 aromatic heterocycles. The van der Waals surface area contributed by atoms with E-state index in [1.54, 1.807) is 12.1 Å². The van der Waals surface area contributed by atoms with E-state index in [4.69, 9.17) is 0 Å². The molecule has 1 fully saturated rings. The van der Waals surface area contributed by atoms with Gasteiger partial charge in [-0.25, -0.2) is 4.79 Å². The first kappa shape index (κ1) is 14.7. The second kappa shape index (κ2) is 6.27. The van der Waals surface area contributed by atoms with Gasteiger partial charge in [-0.05, 0) is 17.2 Å². The molecule has 0 bridgehead atoms. The summed E-state index contributed by atoms with van der Waals surface area (Å²) in [5.74, 6) is -1.26. The molecule has 3 rings (SSSR count). The van der Waals surface area contributed by atoms with Gasteiger partial charge < -0.3 is 0 Å². The van der Waals surface area contributed by atoms with Gasteiger partial charge >= 0.3 is 6.03 Å². The molecule has 5 nitrogen and oxygen atoms in total. The van der Waals surface area contributed by atoms with Crippen LogP contribution in [0.1, 0.15) is 11.1 Å². The Morgan fingerprint density at radius 3 is 2.13 bits per heavy atom. The van der Waals surface area contributed by atoms with Crippen molar-refractivity contribution in [2.45, 2.75) is 6.54 Å². The third kappa shape index (κ3) is 3.18. The Labute approximate surface area is 133 Å². The first-order valence-corrected chi connectivity index (χ1v) is 7.13. The summed E-state index contributed by atoms with van der Waals surface area (Å²) in [4.78, 5) is 37.5. The van der Waals surface area contributed by atoms with Crippen molar-refractivity contribution in [3.8, 4) is 0 Å². The summed E-state index contributed by atoms with van der Waals surface area (Å²) in [5, 5.41) is 2.21. The second-order valence-electron chi connectivity index (χ2n) is 5.10. The third-order valence-electron chi connectivity index (χ3n) is 3.48. The van der Waals surface area contributed by atoms with Gasteiger partial charge in [0.1, 0.15) is 5.57 Å². The van der Waals surface area contributed by atoms with Gasteiger partial charge in [-0.15, -0.1) is 0 Å². The summed E-state index contributed by atoms with van der Waals surface area (Å²) >= 11 is 0. The molecule has 0 atom stereocenters. The van der Waals surface area contributed by atoms with Crippen LogP contribution in [-0.4, -0.2) is 22.7 Å². The minimum atomic E-state index is -0.700. The van der Waals surface area contributed by atoms with Crippen molar-refractivity contribution in [3.63, 3.8) is 0 Å². The van der Waals surface area contributed by atoms with Crippen LogP contribution >= 0.6 is 0 Å². The monoisotopic (exact) mass is 306 g/mol. The predicted molar refractivity (Wildman–Crippen MR) is 84.9 cm³/mol. The molecule has 114 valence electrons. The lowest BCUT2D eigenvalue weighted by Crippen LogP contribution is -2.53. The number of carbonyl (C=O) groups is 3. The molecular formula is C18H14N2O3. The summed E-state index contributed by atoms with van der Waals surface area (Å²) < 4.78 is 0. The average molecular weight is 306 g/mol. The van der Waals surface area contributed by atoms with Crippen LogP contribution in [0.5, 0.6) is 0 Å². The molecule has 1 saturated heterocycles.